The zero-order valence-corrected chi connectivity index (χ0v) is 41.5. The van der Waals surface area contributed by atoms with E-state index in [0.29, 0.717) is 12.8 Å². The number of aliphatic hydroxyl groups is 5. The third kappa shape index (κ3) is 34.7. The highest BCUT2D eigenvalue weighted by molar-refractivity contribution is 5.76. The molecular weight excluding hydrogens is 803 g/mol. The highest BCUT2D eigenvalue weighted by Gasteiger charge is 2.44. The number of aliphatic hydroxyl groups excluding tert-OH is 5. The average molecular weight is 906 g/mol. The van der Waals surface area contributed by atoms with Crippen LogP contribution in [-0.2, 0) is 14.3 Å². The first-order valence-electron chi connectivity index (χ1n) is 27.2. The maximum absolute atomic E-state index is 13.0. The molecule has 1 rings (SSSR count). The van der Waals surface area contributed by atoms with Gasteiger partial charge in [0, 0.05) is 6.42 Å². The van der Waals surface area contributed by atoms with Gasteiger partial charge in [-0.05, 0) is 51.4 Å². The second kappa shape index (κ2) is 45.2. The molecule has 9 nitrogen and oxygen atoms in total. The lowest BCUT2D eigenvalue weighted by Gasteiger charge is -2.40. The van der Waals surface area contributed by atoms with E-state index in [2.05, 4.69) is 55.6 Å². The summed E-state index contributed by atoms with van der Waals surface area (Å²) in [6.07, 6.45) is 50.6. The van der Waals surface area contributed by atoms with Crippen LogP contribution in [0.2, 0.25) is 0 Å². The van der Waals surface area contributed by atoms with Crippen molar-refractivity contribution in [3.05, 3.63) is 36.5 Å². The molecule has 0 aromatic heterocycles. The first-order chi connectivity index (χ1) is 31.3. The quantitative estimate of drug-likeness (QED) is 0.0261. The minimum atomic E-state index is -1.55. The van der Waals surface area contributed by atoms with Crippen LogP contribution in [0.5, 0.6) is 0 Å². The Labute approximate surface area is 393 Å². The van der Waals surface area contributed by atoms with Gasteiger partial charge in [-0.25, -0.2) is 0 Å². The predicted molar refractivity (Wildman–Crippen MR) is 267 cm³/mol. The molecule has 6 N–H and O–H groups in total. The van der Waals surface area contributed by atoms with Gasteiger partial charge >= 0.3 is 0 Å². The molecule has 1 fully saturated rings. The molecule has 9 heteroatoms. The van der Waals surface area contributed by atoms with Gasteiger partial charge in [-0.1, -0.05) is 230 Å². The third-order valence-corrected chi connectivity index (χ3v) is 13.0. The van der Waals surface area contributed by atoms with Crippen LogP contribution >= 0.6 is 0 Å². The molecule has 1 aliphatic heterocycles. The molecule has 376 valence electrons. The number of nitrogens with one attached hydrogen (secondary N) is 1. The van der Waals surface area contributed by atoms with Crippen LogP contribution in [0.25, 0.3) is 0 Å². The number of unbranched alkanes of at least 4 members (excludes halogenated alkanes) is 30. The molecule has 0 bridgehead atoms. The zero-order valence-electron chi connectivity index (χ0n) is 41.5. The SMILES string of the molecule is CCCCCCC/C=C\C/C=C\C/C=C\CCCCCCCCCCCCCCCCCCCCC(=O)NC(COC1OC(CO)C(O)C(O)C1O)C(O)CCCCCCCCCC. The van der Waals surface area contributed by atoms with E-state index in [4.69, 9.17) is 9.47 Å². The van der Waals surface area contributed by atoms with Crippen molar-refractivity contribution in [3.63, 3.8) is 0 Å². The molecule has 1 saturated heterocycles. The van der Waals surface area contributed by atoms with Crippen molar-refractivity contribution >= 4 is 5.91 Å². The van der Waals surface area contributed by atoms with Crippen molar-refractivity contribution < 1.29 is 39.8 Å². The molecule has 7 unspecified atom stereocenters. The predicted octanol–water partition coefficient (Wildman–Crippen LogP) is 12.8. The summed E-state index contributed by atoms with van der Waals surface area (Å²) >= 11 is 0. The van der Waals surface area contributed by atoms with Crippen LogP contribution in [-0.4, -0.2) is 87.5 Å². The van der Waals surface area contributed by atoms with Crippen LogP contribution in [0.15, 0.2) is 36.5 Å². The molecule has 0 spiro atoms. The number of ether oxygens (including phenoxy) is 2. The van der Waals surface area contributed by atoms with Crippen molar-refractivity contribution in [1.29, 1.82) is 0 Å². The van der Waals surface area contributed by atoms with Crippen molar-refractivity contribution in [2.75, 3.05) is 13.2 Å². The maximum Gasteiger partial charge on any atom is 0.220 e. The Morgan fingerprint density at radius 3 is 1.36 bits per heavy atom. The number of hydrogen-bond donors (Lipinski definition) is 6. The van der Waals surface area contributed by atoms with Gasteiger partial charge in [-0.3, -0.25) is 4.79 Å². The van der Waals surface area contributed by atoms with Gasteiger partial charge in [-0.2, -0.15) is 0 Å². The number of carbonyl (C=O) groups excluding carboxylic acids is 1. The van der Waals surface area contributed by atoms with Crippen molar-refractivity contribution in [3.8, 4) is 0 Å². The van der Waals surface area contributed by atoms with Gasteiger partial charge in [0.15, 0.2) is 6.29 Å². The summed E-state index contributed by atoms with van der Waals surface area (Å²) in [4.78, 5) is 13.0. The minimum Gasteiger partial charge on any atom is -0.394 e. The van der Waals surface area contributed by atoms with Gasteiger partial charge in [0.25, 0.3) is 0 Å². The van der Waals surface area contributed by atoms with Crippen LogP contribution in [0.4, 0.5) is 0 Å². The topological polar surface area (TPSA) is 149 Å². The van der Waals surface area contributed by atoms with E-state index in [1.54, 1.807) is 0 Å². The van der Waals surface area contributed by atoms with Crippen LogP contribution in [0.3, 0.4) is 0 Å². The highest BCUT2D eigenvalue weighted by Crippen LogP contribution is 2.23. The number of rotatable bonds is 46. The van der Waals surface area contributed by atoms with E-state index < -0.39 is 49.5 Å². The average Bonchev–Trinajstić information content (AvgIpc) is 3.29. The third-order valence-electron chi connectivity index (χ3n) is 13.0. The van der Waals surface area contributed by atoms with Crippen molar-refractivity contribution in [1.82, 2.24) is 5.32 Å². The first-order valence-corrected chi connectivity index (χ1v) is 27.2. The van der Waals surface area contributed by atoms with Crippen molar-refractivity contribution in [2.45, 2.75) is 294 Å². The molecule has 7 atom stereocenters. The number of hydrogen-bond acceptors (Lipinski definition) is 8. The minimum absolute atomic E-state index is 0.136. The molecule has 0 aromatic rings. The number of carbonyl (C=O) groups is 1. The fraction of sp³-hybridized carbons (Fsp3) is 0.873. The number of amides is 1. The Morgan fingerprint density at radius 2 is 0.922 bits per heavy atom. The second-order valence-electron chi connectivity index (χ2n) is 19.0. The lowest BCUT2D eigenvalue weighted by Crippen LogP contribution is -2.60. The molecule has 0 aromatic carbocycles. The van der Waals surface area contributed by atoms with Gasteiger partial charge in [0.2, 0.25) is 5.91 Å². The van der Waals surface area contributed by atoms with Crippen LogP contribution in [0, 0.1) is 0 Å². The Morgan fingerprint density at radius 1 is 0.531 bits per heavy atom. The Kier molecular flexibility index (Phi) is 42.7. The van der Waals surface area contributed by atoms with Gasteiger partial charge in [-0.15, -0.1) is 0 Å². The molecule has 1 heterocycles. The molecular formula is C55H103NO8. The largest absolute Gasteiger partial charge is 0.394 e. The second-order valence-corrected chi connectivity index (χ2v) is 19.0. The van der Waals surface area contributed by atoms with E-state index in [0.717, 1.165) is 51.4 Å². The van der Waals surface area contributed by atoms with Gasteiger partial charge in [0.05, 0.1) is 25.4 Å². The summed E-state index contributed by atoms with van der Waals surface area (Å²) in [5, 5.41) is 54.2. The van der Waals surface area contributed by atoms with Gasteiger partial charge < -0.3 is 40.3 Å². The van der Waals surface area contributed by atoms with E-state index in [9.17, 15) is 30.3 Å². The first kappa shape index (κ1) is 60.4. The Bertz CT molecular complexity index is 1100. The lowest BCUT2D eigenvalue weighted by atomic mass is 9.99. The van der Waals surface area contributed by atoms with E-state index in [1.807, 2.05) is 0 Å². The molecule has 1 amide bonds. The fourth-order valence-electron chi connectivity index (χ4n) is 8.64. The molecule has 1 aliphatic rings. The standard InChI is InChI=1S/C55H103NO8/c1-3-5-7-9-11-13-14-15-16-17-18-19-20-21-22-23-24-25-26-27-28-29-30-31-32-33-34-35-36-37-39-41-43-45-51(59)56-48(49(58)44-42-40-38-12-10-8-6-4-2)47-63-55-54(62)53(61)52(60)50(46-57)64-55/h14-15,17-18,20-21,48-50,52-55,57-58,60-62H,3-13,16,19,22-47H2,1-2H3,(H,56,59)/b15-14-,18-17-,21-20-. The van der Waals surface area contributed by atoms with Crippen molar-refractivity contribution in [2.24, 2.45) is 0 Å². The molecule has 0 radical (unpaired) electrons. The summed E-state index contributed by atoms with van der Waals surface area (Å²) in [5.74, 6) is -0.145. The summed E-state index contributed by atoms with van der Waals surface area (Å²) in [6, 6.07) is -0.715. The lowest BCUT2D eigenvalue weighted by molar-refractivity contribution is -0.302. The summed E-state index contributed by atoms with van der Waals surface area (Å²) in [5.41, 5.74) is 0. The Hall–Kier alpha value is -1.59. The van der Waals surface area contributed by atoms with Crippen LogP contribution in [0.1, 0.15) is 251 Å². The van der Waals surface area contributed by atoms with Crippen LogP contribution < -0.4 is 5.32 Å². The zero-order chi connectivity index (χ0) is 46.6. The highest BCUT2D eigenvalue weighted by atomic mass is 16.7. The normalized spacial score (nSPS) is 20.3. The van der Waals surface area contributed by atoms with E-state index >= 15 is 0 Å². The summed E-state index contributed by atoms with van der Waals surface area (Å²) in [6.45, 7) is 3.79. The van der Waals surface area contributed by atoms with E-state index in [-0.39, 0.29) is 12.5 Å². The Balaban J connectivity index is 2.05. The summed E-state index contributed by atoms with van der Waals surface area (Å²) < 4.78 is 11.2. The van der Waals surface area contributed by atoms with E-state index in [1.165, 1.54) is 173 Å². The number of allylic oxidation sites excluding steroid dienone is 6. The molecule has 64 heavy (non-hydrogen) atoms. The molecule has 0 aliphatic carbocycles. The molecule has 0 saturated carbocycles. The monoisotopic (exact) mass is 906 g/mol. The van der Waals surface area contributed by atoms with Gasteiger partial charge in [0.1, 0.15) is 24.4 Å². The fourth-order valence-corrected chi connectivity index (χ4v) is 8.64. The summed E-state index contributed by atoms with van der Waals surface area (Å²) in [7, 11) is 0. The maximum atomic E-state index is 13.0. The smallest absolute Gasteiger partial charge is 0.220 e.